The quantitative estimate of drug-likeness (QED) is 0.366. The van der Waals surface area contributed by atoms with Gasteiger partial charge in [0.2, 0.25) is 0 Å². The third-order valence-corrected chi connectivity index (χ3v) is 9.33. The lowest BCUT2D eigenvalue weighted by molar-refractivity contribution is 0.270. The Morgan fingerprint density at radius 1 is 0.795 bits per heavy atom. The van der Waals surface area contributed by atoms with Crippen molar-refractivity contribution < 1.29 is 0 Å². The van der Waals surface area contributed by atoms with Gasteiger partial charge >= 0.3 is 0 Å². The molecule has 0 saturated carbocycles. The molecule has 0 radical (unpaired) electrons. The molecule has 0 fully saturated rings. The van der Waals surface area contributed by atoms with Gasteiger partial charge in [-0.3, -0.25) is 0 Å². The molecule has 0 saturated heterocycles. The van der Waals surface area contributed by atoms with Gasteiger partial charge in [-0.25, -0.2) is 0 Å². The molecular formula is C37H38N2. The highest BCUT2D eigenvalue weighted by Gasteiger charge is 2.40. The van der Waals surface area contributed by atoms with Gasteiger partial charge in [0.25, 0.3) is 0 Å². The lowest BCUT2D eigenvalue weighted by Crippen LogP contribution is -2.38. The molecule has 0 N–H and O–H groups in total. The average Bonchev–Trinajstić information content (AvgIpc) is 3.51. The van der Waals surface area contributed by atoms with Crippen molar-refractivity contribution in [3.63, 3.8) is 0 Å². The van der Waals surface area contributed by atoms with Crippen molar-refractivity contribution >= 4 is 11.3 Å². The highest BCUT2D eigenvalue weighted by atomic mass is 15.2. The Morgan fingerprint density at radius 3 is 2.13 bits per heavy atom. The van der Waals surface area contributed by atoms with Crippen molar-refractivity contribution in [1.29, 1.82) is 0 Å². The summed E-state index contributed by atoms with van der Waals surface area (Å²) in [6.45, 7) is 4.49. The van der Waals surface area contributed by atoms with E-state index in [1.165, 1.54) is 41.1 Å². The number of benzene rings is 1. The van der Waals surface area contributed by atoms with Crippen LogP contribution in [0.15, 0.2) is 138 Å². The smallest absolute Gasteiger partial charge is 0.0626 e. The van der Waals surface area contributed by atoms with Crippen LogP contribution in [0.4, 0.5) is 5.69 Å². The third kappa shape index (κ3) is 4.09. The van der Waals surface area contributed by atoms with Crippen LogP contribution in [0.5, 0.6) is 0 Å². The van der Waals surface area contributed by atoms with E-state index >= 15 is 0 Å². The van der Waals surface area contributed by atoms with Crippen LogP contribution in [0.1, 0.15) is 45.1 Å². The molecule has 2 heteroatoms. The standard InChI is InChI=1S/C37H38N2/c1-3-27(21-20-26(2)38-34-16-8-4-12-30(34)31-13-5-9-17-35(31)38)28-22-24-29(25-23-28)39-36-18-10-6-14-32(36)33-15-7-11-19-37(33)39/h3-4,6,8-12,14,16-26,30,32,34,36H,5,7,13,15H2,1-2H3/b21-20-,27-3+/t26-,30?,32?,34?,36?/m1/s1. The van der Waals surface area contributed by atoms with Crippen LogP contribution in [-0.4, -0.2) is 23.0 Å². The second-order valence-electron chi connectivity index (χ2n) is 11.4. The van der Waals surface area contributed by atoms with E-state index in [9.17, 15) is 0 Å². The lowest BCUT2D eigenvalue weighted by atomic mass is 9.87. The molecule has 0 spiro atoms. The highest BCUT2D eigenvalue weighted by Crippen LogP contribution is 2.45. The van der Waals surface area contributed by atoms with Crippen LogP contribution in [0.2, 0.25) is 0 Å². The number of fused-ring (bicyclic) bond motifs is 4. The van der Waals surface area contributed by atoms with E-state index in [1.54, 1.807) is 11.1 Å². The molecule has 0 aromatic heterocycles. The zero-order chi connectivity index (χ0) is 26.3. The van der Waals surface area contributed by atoms with Gasteiger partial charge in [-0.1, -0.05) is 91.1 Å². The minimum Gasteiger partial charge on any atom is -0.358 e. The molecule has 2 aliphatic heterocycles. The second-order valence-corrected chi connectivity index (χ2v) is 11.4. The normalized spacial score (nSPS) is 29.4. The molecule has 2 nitrogen and oxygen atoms in total. The zero-order valence-corrected chi connectivity index (χ0v) is 23.1. The summed E-state index contributed by atoms with van der Waals surface area (Å²) in [7, 11) is 0. The second kappa shape index (κ2) is 10.1. The summed E-state index contributed by atoms with van der Waals surface area (Å²) in [5.41, 5.74) is 9.87. The van der Waals surface area contributed by atoms with Gasteiger partial charge in [0.15, 0.2) is 0 Å². The molecular weight excluding hydrogens is 472 g/mol. The Morgan fingerprint density at radius 2 is 1.41 bits per heavy atom. The molecule has 196 valence electrons. The van der Waals surface area contributed by atoms with Crippen molar-refractivity contribution in [2.45, 2.75) is 57.7 Å². The highest BCUT2D eigenvalue weighted by molar-refractivity contribution is 5.76. The van der Waals surface area contributed by atoms with E-state index in [0.717, 1.165) is 12.8 Å². The molecule has 5 atom stereocenters. The van der Waals surface area contributed by atoms with Gasteiger partial charge in [-0.2, -0.15) is 0 Å². The van der Waals surface area contributed by atoms with Crippen molar-refractivity contribution in [2.24, 2.45) is 11.8 Å². The minimum atomic E-state index is 0.314. The van der Waals surface area contributed by atoms with Crippen LogP contribution in [0.25, 0.3) is 5.57 Å². The largest absolute Gasteiger partial charge is 0.358 e. The zero-order valence-electron chi connectivity index (χ0n) is 23.1. The molecule has 7 rings (SSSR count). The molecule has 6 aliphatic rings. The predicted molar refractivity (Wildman–Crippen MR) is 165 cm³/mol. The number of rotatable bonds is 5. The Labute approximate surface area is 233 Å². The molecule has 0 bridgehead atoms. The van der Waals surface area contributed by atoms with Crippen LogP contribution in [-0.2, 0) is 0 Å². The summed E-state index contributed by atoms with van der Waals surface area (Å²) < 4.78 is 0. The Bertz CT molecular complexity index is 1450. The maximum Gasteiger partial charge on any atom is 0.0626 e. The van der Waals surface area contributed by atoms with E-state index in [4.69, 9.17) is 0 Å². The average molecular weight is 511 g/mol. The molecule has 4 unspecified atom stereocenters. The molecule has 0 amide bonds. The number of anilines is 1. The van der Waals surface area contributed by atoms with Crippen LogP contribution in [0.3, 0.4) is 0 Å². The minimum absolute atomic E-state index is 0.314. The van der Waals surface area contributed by atoms with Crippen molar-refractivity contribution in [1.82, 2.24) is 4.90 Å². The summed E-state index contributed by atoms with van der Waals surface area (Å²) in [6.07, 6.45) is 39.4. The Kier molecular flexibility index (Phi) is 6.27. The van der Waals surface area contributed by atoms with Crippen molar-refractivity contribution in [3.05, 3.63) is 144 Å². The van der Waals surface area contributed by atoms with Gasteiger partial charge in [0.1, 0.15) is 0 Å². The molecule has 4 aliphatic carbocycles. The first-order chi connectivity index (χ1) is 19.2. The summed E-state index contributed by atoms with van der Waals surface area (Å²) in [5, 5.41) is 0. The molecule has 39 heavy (non-hydrogen) atoms. The van der Waals surface area contributed by atoms with Crippen LogP contribution in [0, 0.1) is 11.8 Å². The van der Waals surface area contributed by atoms with E-state index < -0.39 is 0 Å². The number of hydrogen-bond acceptors (Lipinski definition) is 2. The predicted octanol–water partition coefficient (Wildman–Crippen LogP) is 8.60. The van der Waals surface area contributed by atoms with Crippen LogP contribution < -0.4 is 4.90 Å². The molecule has 1 aromatic carbocycles. The summed E-state index contributed by atoms with van der Waals surface area (Å²) in [6, 6.07) is 10.3. The summed E-state index contributed by atoms with van der Waals surface area (Å²) in [4.78, 5) is 5.17. The van der Waals surface area contributed by atoms with Gasteiger partial charge in [-0.05, 0) is 86.1 Å². The van der Waals surface area contributed by atoms with Gasteiger partial charge in [0, 0.05) is 35.0 Å². The number of hydrogen-bond donors (Lipinski definition) is 0. The van der Waals surface area contributed by atoms with E-state index in [-0.39, 0.29) is 0 Å². The first-order valence-electron chi connectivity index (χ1n) is 14.8. The number of allylic oxidation sites excluding steroid dienone is 11. The monoisotopic (exact) mass is 510 g/mol. The molecule has 2 heterocycles. The fourth-order valence-corrected chi connectivity index (χ4v) is 7.48. The SMILES string of the molecule is C/C=C(\C=C/[C@@H](C)N1C2=C(CCC=C2)C2C=CC=CC21)c1ccc(N2C3=C(CCC=C3)C3C=CC=CC32)cc1. The van der Waals surface area contributed by atoms with Gasteiger partial charge < -0.3 is 9.80 Å². The van der Waals surface area contributed by atoms with Gasteiger partial charge in [-0.15, -0.1) is 0 Å². The summed E-state index contributed by atoms with van der Waals surface area (Å²) >= 11 is 0. The first-order valence-corrected chi connectivity index (χ1v) is 14.8. The third-order valence-electron chi connectivity index (χ3n) is 9.33. The van der Waals surface area contributed by atoms with Crippen LogP contribution >= 0.6 is 0 Å². The van der Waals surface area contributed by atoms with Crippen molar-refractivity contribution in [2.75, 3.05) is 4.90 Å². The molecule has 1 aromatic rings. The fraction of sp³-hybridized carbons (Fsp3) is 0.297. The fourth-order valence-electron chi connectivity index (χ4n) is 7.48. The first kappa shape index (κ1) is 24.3. The maximum absolute atomic E-state index is 2.63. The van der Waals surface area contributed by atoms with Crippen molar-refractivity contribution in [3.8, 4) is 0 Å². The Hall–Kier alpha value is -3.78. The topological polar surface area (TPSA) is 6.48 Å². The van der Waals surface area contributed by atoms with E-state index in [1.807, 2.05) is 0 Å². The number of nitrogens with zero attached hydrogens (tertiary/aromatic N) is 2. The van der Waals surface area contributed by atoms with Gasteiger partial charge in [0.05, 0.1) is 12.1 Å². The summed E-state index contributed by atoms with van der Waals surface area (Å²) in [5.74, 6) is 1.02. The Balaban J connectivity index is 1.12. The van der Waals surface area contributed by atoms with E-state index in [2.05, 4.69) is 139 Å². The maximum atomic E-state index is 2.63. The van der Waals surface area contributed by atoms with E-state index in [0.29, 0.717) is 30.0 Å². The lowest BCUT2D eigenvalue weighted by Gasteiger charge is -2.34.